The Kier molecular flexibility index (Phi) is 5.04. The molecular formula is C20H20N4O. The number of anilines is 2. The maximum Gasteiger partial charge on any atom is 0.257 e. The summed E-state index contributed by atoms with van der Waals surface area (Å²) in [6.45, 7) is 3.98. The molecule has 0 fully saturated rings. The first kappa shape index (κ1) is 16.6. The van der Waals surface area contributed by atoms with Crippen LogP contribution in [-0.2, 0) is 0 Å². The van der Waals surface area contributed by atoms with Crippen LogP contribution >= 0.6 is 0 Å². The number of hydrogen-bond donors (Lipinski definition) is 2. The Morgan fingerprint density at radius 3 is 2.60 bits per heavy atom. The van der Waals surface area contributed by atoms with Crippen molar-refractivity contribution in [3.05, 3.63) is 83.9 Å². The monoisotopic (exact) mass is 332 g/mol. The third-order valence-electron chi connectivity index (χ3n) is 3.83. The van der Waals surface area contributed by atoms with Crippen LogP contribution in [0.15, 0.2) is 67.3 Å². The number of nitrogens with zero attached hydrogens (tertiary/aromatic N) is 2. The molecule has 0 bridgehead atoms. The smallest absolute Gasteiger partial charge is 0.257 e. The first-order chi connectivity index (χ1) is 12.1. The summed E-state index contributed by atoms with van der Waals surface area (Å²) in [6, 6.07) is 13.6. The zero-order valence-electron chi connectivity index (χ0n) is 14.2. The number of aryl methyl sites for hydroxylation is 1. The van der Waals surface area contributed by atoms with Crippen LogP contribution < -0.4 is 10.6 Å². The molecule has 3 aromatic rings. The molecule has 0 spiro atoms. The summed E-state index contributed by atoms with van der Waals surface area (Å²) in [7, 11) is 0. The fourth-order valence-electron chi connectivity index (χ4n) is 2.55. The molecule has 5 nitrogen and oxygen atoms in total. The van der Waals surface area contributed by atoms with Crippen molar-refractivity contribution in [2.45, 2.75) is 19.9 Å². The molecule has 1 aromatic carbocycles. The van der Waals surface area contributed by atoms with E-state index in [1.807, 2.05) is 49.4 Å². The average molecular weight is 332 g/mol. The fraction of sp³-hybridized carbons (Fsp3) is 0.150. The average Bonchev–Trinajstić information content (AvgIpc) is 2.63. The van der Waals surface area contributed by atoms with E-state index in [2.05, 4.69) is 27.5 Å². The molecule has 126 valence electrons. The van der Waals surface area contributed by atoms with Gasteiger partial charge in [0.2, 0.25) is 0 Å². The second-order valence-electron chi connectivity index (χ2n) is 5.94. The van der Waals surface area contributed by atoms with Gasteiger partial charge in [0.25, 0.3) is 5.91 Å². The van der Waals surface area contributed by atoms with E-state index in [0.717, 1.165) is 22.5 Å². The van der Waals surface area contributed by atoms with Crippen molar-refractivity contribution in [2.75, 3.05) is 10.6 Å². The SMILES string of the molecule is Cc1cncc(C(=O)Nc2cccc(C(C)Nc3cccnc3)c2)c1. The highest BCUT2D eigenvalue weighted by Crippen LogP contribution is 2.21. The molecule has 1 amide bonds. The summed E-state index contributed by atoms with van der Waals surface area (Å²) >= 11 is 0. The largest absolute Gasteiger partial charge is 0.377 e. The van der Waals surface area contributed by atoms with Gasteiger partial charge in [-0.25, -0.2) is 0 Å². The van der Waals surface area contributed by atoms with Gasteiger partial charge in [-0.15, -0.1) is 0 Å². The molecule has 0 aliphatic heterocycles. The molecule has 0 radical (unpaired) electrons. The van der Waals surface area contributed by atoms with Crippen LogP contribution in [-0.4, -0.2) is 15.9 Å². The first-order valence-electron chi connectivity index (χ1n) is 8.11. The number of pyridine rings is 2. The Labute approximate surface area is 147 Å². The van der Waals surface area contributed by atoms with E-state index >= 15 is 0 Å². The summed E-state index contributed by atoms with van der Waals surface area (Å²) in [5, 5.41) is 6.32. The number of benzene rings is 1. The van der Waals surface area contributed by atoms with Gasteiger partial charge in [-0.3, -0.25) is 14.8 Å². The van der Waals surface area contributed by atoms with Gasteiger partial charge < -0.3 is 10.6 Å². The molecule has 0 aliphatic rings. The van der Waals surface area contributed by atoms with Crippen molar-refractivity contribution < 1.29 is 4.79 Å². The highest BCUT2D eigenvalue weighted by molar-refractivity contribution is 6.04. The van der Waals surface area contributed by atoms with Crippen LogP contribution in [0.4, 0.5) is 11.4 Å². The van der Waals surface area contributed by atoms with Gasteiger partial charge in [0, 0.05) is 36.5 Å². The number of aromatic nitrogens is 2. The van der Waals surface area contributed by atoms with E-state index in [1.165, 1.54) is 0 Å². The van der Waals surface area contributed by atoms with Crippen molar-refractivity contribution in [1.29, 1.82) is 0 Å². The number of rotatable bonds is 5. The zero-order chi connectivity index (χ0) is 17.6. The lowest BCUT2D eigenvalue weighted by Gasteiger charge is -2.16. The van der Waals surface area contributed by atoms with E-state index < -0.39 is 0 Å². The van der Waals surface area contributed by atoms with Crippen LogP contribution in [0.25, 0.3) is 0 Å². The molecule has 2 heterocycles. The van der Waals surface area contributed by atoms with Crippen LogP contribution in [0.3, 0.4) is 0 Å². The minimum Gasteiger partial charge on any atom is -0.377 e. The molecule has 0 saturated carbocycles. The van der Waals surface area contributed by atoms with E-state index in [-0.39, 0.29) is 11.9 Å². The van der Waals surface area contributed by atoms with Crippen LogP contribution in [0.5, 0.6) is 0 Å². The highest BCUT2D eigenvalue weighted by atomic mass is 16.1. The summed E-state index contributed by atoms with van der Waals surface area (Å²) in [5.74, 6) is -0.166. The topological polar surface area (TPSA) is 66.9 Å². The molecule has 25 heavy (non-hydrogen) atoms. The lowest BCUT2D eigenvalue weighted by Crippen LogP contribution is -2.13. The molecule has 2 N–H and O–H groups in total. The maximum absolute atomic E-state index is 12.4. The van der Waals surface area contributed by atoms with Gasteiger partial charge in [0.05, 0.1) is 11.3 Å². The quantitative estimate of drug-likeness (QED) is 0.734. The Morgan fingerprint density at radius 2 is 1.84 bits per heavy atom. The number of hydrogen-bond acceptors (Lipinski definition) is 4. The Hall–Kier alpha value is -3.21. The molecule has 3 rings (SSSR count). The Balaban J connectivity index is 1.72. The summed E-state index contributed by atoms with van der Waals surface area (Å²) < 4.78 is 0. The number of nitrogens with one attached hydrogen (secondary N) is 2. The summed E-state index contributed by atoms with van der Waals surface area (Å²) in [6.07, 6.45) is 6.82. The summed E-state index contributed by atoms with van der Waals surface area (Å²) in [4.78, 5) is 20.5. The van der Waals surface area contributed by atoms with E-state index in [9.17, 15) is 4.79 Å². The minimum absolute atomic E-state index is 0.0849. The maximum atomic E-state index is 12.4. The molecule has 5 heteroatoms. The van der Waals surface area contributed by atoms with Crippen LogP contribution in [0.1, 0.15) is 34.5 Å². The van der Waals surface area contributed by atoms with Gasteiger partial charge in [-0.05, 0) is 55.3 Å². The Morgan fingerprint density at radius 1 is 1.00 bits per heavy atom. The lowest BCUT2D eigenvalue weighted by atomic mass is 10.1. The van der Waals surface area contributed by atoms with Crippen molar-refractivity contribution >= 4 is 17.3 Å². The number of carbonyl (C=O) groups is 1. The van der Waals surface area contributed by atoms with Crippen molar-refractivity contribution in [1.82, 2.24) is 9.97 Å². The number of amides is 1. The molecule has 0 aliphatic carbocycles. The van der Waals surface area contributed by atoms with Crippen LogP contribution in [0, 0.1) is 6.92 Å². The predicted molar refractivity (Wildman–Crippen MR) is 99.6 cm³/mol. The first-order valence-corrected chi connectivity index (χ1v) is 8.11. The van der Waals surface area contributed by atoms with Gasteiger partial charge in [-0.1, -0.05) is 12.1 Å². The van der Waals surface area contributed by atoms with Crippen molar-refractivity contribution in [2.24, 2.45) is 0 Å². The molecule has 0 saturated heterocycles. The van der Waals surface area contributed by atoms with Crippen LogP contribution in [0.2, 0.25) is 0 Å². The highest BCUT2D eigenvalue weighted by Gasteiger charge is 2.09. The minimum atomic E-state index is -0.166. The molecule has 1 atom stereocenters. The Bertz CT molecular complexity index is 864. The van der Waals surface area contributed by atoms with Gasteiger partial charge in [-0.2, -0.15) is 0 Å². The third-order valence-corrected chi connectivity index (χ3v) is 3.83. The van der Waals surface area contributed by atoms with Gasteiger partial charge in [0.15, 0.2) is 0 Å². The third kappa shape index (κ3) is 4.41. The fourth-order valence-corrected chi connectivity index (χ4v) is 2.55. The second kappa shape index (κ2) is 7.57. The zero-order valence-corrected chi connectivity index (χ0v) is 14.2. The van der Waals surface area contributed by atoms with E-state index in [0.29, 0.717) is 5.56 Å². The standard InChI is InChI=1S/C20H20N4O/c1-14-9-17(12-22-11-14)20(25)24-18-6-3-5-16(10-18)15(2)23-19-7-4-8-21-13-19/h3-13,15,23H,1-2H3,(H,24,25). The van der Waals surface area contributed by atoms with E-state index in [4.69, 9.17) is 0 Å². The lowest BCUT2D eigenvalue weighted by molar-refractivity contribution is 0.102. The van der Waals surface area contributed by atoms with Crippen molar-refractivity contribution in [3.8, 4) is 0 Å². The summed E-state index contributed by atoms with van der Waals surface area (Å²) in [5.41, 5.74) is 4.28. The second-order valence-corrected chi connectivity index (χ2v) is 5.94. The molecular weight excluding hydrogens is 312 g/mol. The van der Waals surface area contributed by atoms with Gasteiger partial charge >= 0.3 is 0 Å². The van der Waals surface area contributed by atoms with Crippen molar-refractivity contribution in [3.63, 3.8) is 0 Å². The van der Waals surface area contributed by atoms with E-state index in [1.54, 1.807) is 24.8 Å². The molecule has 1 unspecified atom stereocenters. The number of carbonyl (C=O) groups excluding carboxylic acids is 1. The molecule has 2 aromatic heterocycles. The predicted octanol–water partition coefficient (Wildman–Crippen LogP) is 4.21. The van der Waals surface area contributed by atoms with Gasteiger partial charge in [0.1, 0.15) is 0 Å². The normalized spacial score (nSPS) is 11.6.